The van der Waals surface area contributed by atoms with Crippen LogP contribution in [0, 0.1) is 6.92 Å². The summed E-state index contributed by atoms with van der Waals surface area (Å²) in [5.41, 5.74) is 1.81. The van der Waals surface area contributed by atoms with Gasteiger partial charge in [0.1, 0.15) is 0 Å². The van der Waals surface area contributed by atoms with Gasteiger partial charge in [-0.3, -0.25) is 4.31 Å². The average Bonchev–Trinajstić information content (AvgIpc) is 2.45. The lowest BCUT2D eigenvalue weighted by Gasteiger charge is -2.25. The van der Waals surface area contributed by atoms with Crippen LogP contribution in [0.3, 0.4) is 0 Å². The summed E-state index contributed by atoms with van der Waals surface area (Å²) in [6.45, 7) is 2.98. The van der Waals surface area contributed by atoms with Gasteiger partial charge >= 0.3 is 0 Å². The van der Waals surface area contributed by atoms with E-state index in [-0.39, 0.29) is 5.75 Å². The first-order valence-corrected chi connectivity index (χ1v) is 8.86. The molecule has 0 aliphatic carbocycles. The second kappa shape index (κ2) is 6.59. The second-order valence-electron chi connectivity index (χ2n) is 5.56. The molecule has 0 aromatic heterocycles. The second-order valence-corrected chi connectivity index (χ2v) is 7.68. The quantitative estimate of drug-likeness (QED) is 0.907. The third-order valence-electron chi connectivity index (χ3n) is 3.92. The van der Waals surface area contributed by atoms with Crippen molar-refractivity contribution < 1.29 is 8.42 Å². The van der Waals surface area contributed by atoms with Crippen molar-refractivity contribution in [3.8, 4) is 0 Å². The fourth-order valence-electron chi connectivity index (χ4n) is 2.58. The van der Waals surface area contributed by atoms with E-state index in [0.29, 0.717) is 12.5 Å². The Kier molecular flexibility index (Phi) is 5.05. The normalized spacial score (nSPS) is 19.8. The molecule has 1 atom stereocenters. The van der Waals surface area contributed by atoms with Gasteiger partial charge in [0, 0.05) is 13.1 Å². The average molecular weight is 296 g/mol. The Hall–Kier alpha value is -1.07. The van der Waals surface area contributed by atoms with Gasteiger partial charge in [0.15, 0.2) is 0 Å². The van der Waals surface area contributed by atoms with E-state index < -0.39 is 10.0 Å². The molecule has 2 rings (SSSR count). The number of nitrogens with zero attached hydrogens (tertiary/aromatic N) is 1. The smallest absolute Gasteiger partial charge is 0.234 e. The fourth-order valence-corrected chi connectivity index (χ4v) is 3.87. The zero-order valence-corrected chi connectivity index (χ0v) is 13.1. The molecule has 1 unspecified atom stereocenters. The van der Waals surface area contributed by atoms with E-state index in [1.54, 1.807) is 7.05 Å². The first kappa shape index (κ1) is 15.3. The van der Waals surface area contributed by atoms with E-state index in [1.807, 2.05) is 31.2 Å². The van der Waals surface area contributed by atoms with Crippen LogP contribution in [0.1, 0.15) is 31.2 Å². The topological polar surface area (TPSA) is 49.4 Å². The van der Waals surface area contributed by atoms with Crippen LogP contribution < -0.4 is 9.62 Å². The number of anilines is 1. The molecule has 0 bridgehead atoms. The summed E-state index contributed by atoms with van der Waals surface area (Å²) in [4.78, 5) is 0. The van der Waals surface area contributed by atoms with Crippen molar-refractivity contribution in [2.75, 3.05) is 23.7 Å². The molecule has 1 aromatic rings. The Balaban J connectivity index is 1.98. The summed E-state index contributed by atoms with van der Waals surface area (Å²) in [6.07, 6.45) is 4.18. The van der Waals surface area contributed by atoms with Gasteiger partial charge in [0.25, 0.3) is 0 Å². The summed E-state index contributed by atoms with van der Waals surface area (Å²) in [5.74, 6) is 0.203. The lowest BCUT2D eigenvalue weighted by atomic mass is 10.0. The zero-order chi connectivity index (χ0) is 14.6. The lowest BCUT2D eigenvalue weighted by Crippen LogP contribution is -2.37. The van der Waals surface area contributed by atoms with Crippen LogP contribution in [0.25, 0.3) is 0 Å². The van der Waals surface area contributed by atoms with Gasteiger partial charge in [0.2, 0.25) is 10.0 Å². The fraction of sp³-hybridized carbons (Fsp3) is 0.600. The predicted octanol–water partition coefficient (Wildman–Crippen LogP) is 2.29. The largest absolute Gasteiger partial charge is 0.314 e. The Morgan fingerprint density at radius 1 is 1.35 bits per heavy atom. The van der Waals surface area contributed by atoms with Gasteiger partial charge in [-0.2, -0.15) is 0 Å². The maximum atomic E-state index is 12.4. The van der Waals surface area contributed by atoms with Gasteiger partial charge in [-0.25, -0.2) is 8.42 Å². The molecular formula is C15H24N2O2S. The molecule has 5 heteroatoms. The van der Waals surface area contributed by atoms with E-state index >= 15 is 0 Å². The molecule has 4 nitrogen and oxygen atoms in total. The highest BCUT2D eigenvalue weighted by Crippen LogP contribution is 2.19. The number of benzene rings is 1. The summed E-state index contributed by atoms with van der Waals surface area (Å²) in [5, 5.41) is 3.40. The van der Waals surface area contributed by atoms with Crippen molar-refractivity contribution in [1.82, 2.24) is 5.32 Å². The molecule has 1 aromatic carbocycles. The third kappa shape index (κ3) is 3.96. The SMILES string of the molecule is Cc1cccc(N(C)S(=O)(=O)CCC2CCCCN2)c1. The van der Waals surface area contributed by atoms with Crippen molar-refractivity contribution in [2.24, 2.45) is 0 Å². The van der Waals surface area contributed by atoms with Crippen molar-refractivity contribution >= 4 is 15.7 Å². The van der Waals surface area contributed by atoms with Crippen molar-refractivity contribution in [1.29, 1.82) is 0 Å². The maximum absolute atomic E-state index is 12.4. The van der Waals surface area contributed by atoms with E-state index in [1.165, 1.54) is 17.1 Å². The number of sulfonamides is 1. The molecule has 1 aliphatic rings. The Bertz CT molecular complexity index is 537. The zero-order valence-electron chi connectivity index (χ0n) is 12.3. The highest BCUT2D eigenvalue weighted by molar-refractivity contribution is 7.92. The van der Waals surface area contributed by atoms with Crippen molar-refractivity contribution in [3.05, 3.63) is 29.8 Å². The molecule has 1 saturated heterocycles. The first-order valence-electron chi connectivity index (χ1n) is 7.26. The third-order valence-corrected chi connectivity index (χ3v) is 5.72. The summed E-state index contributed by atoms with van der Waals surface area (Å²) >= 11 is 0. The van der Waals surface area contributed by atoms with Crippen LogP contribution in [0.2, 0.25) is 0 Å². The van der Waals surface area contributed by atoms with Crippen LogP contribution >= 0.6 is 0 Å². The van der Waals surface area contributed by atoms with E-state index in [2.05, 4.69) is 5.32 Å². The number of hydrogen-bond donors (Lipinski definition) is 1. The lowest BCUT2D eigenvalue weighted by molar-refractivity contribution is 0.392. The van der Waals surface area contributed by atoms with Crippen LogP contribution in [0.5, 0.6) is 0 Å². The molecule has 1 N–H and O–H groups in total. The summed E-state index contributed by atoms with van der Waals surface area (Å²) in [6, 6.07) is 7.94. The maximum Gasteiger partial charge on any atom is 0.234 e. The minimum Gasteiger partial charge on any atom is -0.314 e. The van der Waals surface area contributed by atoms with Gasteiger partial charge < -0.3 is 5.32 Å². The minimum atomic E-state index is -3.24. The number of aryl methyl sites for hydroxylation is 1. The van der Waals surface area contributed by atoms with Gasteiger partial charge in [0.05, 0.1) is 11.4 Å². The van der Waals surface area contributed by atoms with Crippen LogP contribution in [0.4, 0.5) is 5.69 Å². The molecule has 1 fully saturated rings. The Morgan fingerprint density at radius 2 is 2.15 bits per heavy atom. The standard InChI is InChI=1S/C15H24N2O2S/c1-13-6-5-8-15(12-13)17(2)20(18,19)11-9-14-7-3-4-10-16-14/h5-6,8,12,14,16H,3-4,7,9-11H2,1-2H3. The van der Waals surface area contributed by atoms with Gasteiger partial charge in [-0.1, -0.05) is 18.6 Å². The minimum absolute atomic E-state index is 0.203. The van der Waals surface area contributed by atoms with Gasteiger partial charge in [-0.05, 0) is 50.4 Å². The first-order chi connectivity index (χ1) is 9.49. The molecule has 0 radical (unpaired) electrons. The number of rotatable bonds is 5. The van der Waals surface area contributed by atoms with Crippen LogP contribution in [0.15, 0.2) is 24.3 Å². The van der Waals surface area contributed by atoms with Crippen molar-refractivity contribution in [2.45, 2.75) is 38.6 Å². The highest BCUT2D eigenvalue weighted by Gasteiger charge is 2.21. The summed E-state index contributed by atoms with van der Waals surface area (Å²) < 4.78 is 26.2. The number of hydrogen-bond acceptors (Lipinski definition) is 3. The van der Waals surface area contributed by atoms with E-state index in [9.17, 15) is 8.42 Å². The van der Waals surface area contributed by atoms with Crippen molar-refractivity contribution in [3.63, 3.8) is 0 Å². The number of piperidine rings is 1. The highest BCUT2D eigenvalue weighted by atomic mass is 32.2. The Morgan fingerprint density at radius 3 is 2.80 bits per heavy atom. The van der Waals surface area contributed by atoms with E-state index in [0.717, 1.165) is 24.2 Å². The molecule has 20 heavy (non-hydrogen) atoms. The number of nitrogens with one attached hydrogen (secondary N) is 1. The van der Waals surface area contributed by atoms with E-state index in [4.69, 9.17) is 0 Å². The summed E-state index contributed by atoms with van der Waals surface area (Å²) in [7, 11) is -1.60. The molecule has 1 heterocycles. The van der Waals surface area contributed by atoms with Crippen LogP contribution in [-0.4, -0.2) is 33.8 Å². The molecular weight excluding hydrogens is 272 g/mol. The molecule has 1 aliphatic heterocycles. The molecule has 112 valence electrons. The molecule has 0 spiro atoms. The van der Waals surface area contributed by atoms with Crippen LogP contribution in [-0.2, 0) is 10.0 Å². The van der Waals surface area contributed by atoms with Gasteiger partial charge in [-0.15, -0.1) is 0 Å². The Labute approximate surface area is 122 Å². The monoisotopic (exact) mass is 296 g/mol. The predicted molar refractivity (Wildman–Crippen MR) is 83.6 cm³/mol. The molecule has 0 saturated carbocycles. The molecule has 0 amide bonds.